The quantitative estimate of drug-likeness (QED) is 0.141. The highest BCUT2D eigenvalue weighted by molar-refractivity contribution is 6.21. The van der Waals surface area contributed by atoms with Gasteiger partial charge in [0.1, 0.15) is 5.75 Å². The number of rotatable bonds is 15. The Morgan fingerprint density at radius 3 is 1.89 bits per heavy atom. The molecule has 44 heavy (non-hydrogen) atoms. The van der Waals surface area contributed by atoms with Crippen LogP contribution in [0.3, 0.4) is 0 Å². The lowest BCUT2D eigenvalue weighted by atomic mass is 9.70. The van der Waals surface area contributed by atoms with Crippen molar-refractivity contribution in [3.05, 3.63) is 106 Å². The SMILES string of the molecule is CCC(O)(/C=C/c1ccc(C(CC)(CC)c2ccc(OCCCCCN3C(=O)c4ccccc4C3=O)c(C)c2)cc1C)CC. The van der Waals surface area contributed by atoms with Crippen LogP contribution in [0.15, 0.2) is 66.7 Å². The second kappa shape index (κ2) is 14.4. The Hall–Kier alpha value is -3.70. The molecular weight excluding hydrogens is 546 g/mol. The molecule has 234 valence electrons. The third-order valence-corrected chi connectivity index (χ3v) is 9.72. The Morgan fingerprint density at radius 1 is 0.750 bits per heavy atom. The van der Waals surface area contributed by atoms with E-state index in [1.807, 2.05) is 19.9 Å². The van der Waals surface area contributed by atoms with Gasteiger partial charge in [-0.25, -0.2) is 0 Å². The standard InChI is InChI=1S/C39H49NO4/c1-7-38(43,8-2)23-22-30-18-19-31(26-28(30)5)39(9-3,10-4)32-20-21-35(29(6)27-32)44-25-15-11-14-24-40-36(41)33-16-12-13-17-34(33)37(40)42/h12-13,16-23,26-27,43H,7-11,14-15,24-25H2,1-6H3/b23-22+. The molecule has 0 unspecified atom stereocenters. The lowest BCUT2D eigenvalue weighted by Crippen LogP contribution is -2.30. The number of fused-ring (bicyclic) bond motifs is 1. The fraction of sp³-hybridized carbons (Fsp3) is 0.436. The number of amides is 2. The molecule has 0 atom stereocenters. The van der Waals surface area contributed by atoms with Crippen molar-refractivity contribution in [2.75, 3.05) is 13.2 Å². The molecule has 4 rings (SSSR count). The van der Waals surface area contributed by atoms with Crippen molar-refractivity contribution in [3.8, 4) is 5.75 Å². The van der Waals surface area contributed by atoms with Gasteiger partial charge in [-0.1, -0.05) is 82.3 Å². The third-order valence-electron chi connectivity index (χ3n) is 9.72. The number of benzene rings is 3. The summed E-state index contributed by atoms with van der Waals surface area (Å²) in [6.45, 7) is 13.8. The molecule has 1 heterocycles. The van der Waals surface area contributed by atoms with E-state index in [1.54, 1.807) is 24.3 Å². The molecule has 0 spiro atoms. The number of aryl methyl sites for hydroxylation is 2. The maximum atomic E-state index is 12.6. The maximum Gasteiger partial charge on any atom is 0.261 e. The minimum atomic E-state index is -0.759. The molecule has 0 radical (unpaired) electrons. The van der Waals surface area contributed by atoms with Gasteiger partial charge in [0.05, 0.1) is 23.3 Å². The molecule has 5 nitrogen and oxygen atoms in total. The van der Waals surface area contributed by atoms with E-state index in [-0.39, 0.29) is 17.2 Å². The number of carbonyl (C=O) groups excluding carboxylic acids is 2. The number of aliphatic hydroxyl groups is 1. The molecule has 3 aromatic rings. The van der Waals surface area contributed by atoms with Gasteiger partial charge in [-0.15, -0.1) is 0 Å². The van der Waals surface area contributed by atoms with Crippen molar-refractivity contribution in [1.82, 2.24) is 4.90 Å². The molecular formula is C39H49NO4. The van der Waals surface area contributed by atoms with E-state index < -0.39 is 5.60 Å². The van der Waals surface area contributed by atoms with E-state index in [1.165, 1.54) is 21.6 Å². The predicted octanol–water partition coefficient (Wildman–Crippen LogP) is 8.82. The molecule has 0 saturated carbocycles. The van der Waals surface area contributed by atoms with E-state index in [9.17, 15) is 14.7 Å². The highest BCUT2D eigenvalue weighted by Crippen LogP contribution is 2.41. The van der Waals surface area contributed by atoms with E-state index >= 15 is 0 Å². The highest BCUT2D eigenvalue weighted by atomic mass is 16.5. The van der Waals surface area contributed by atoms with Gasteiger partial charge in [-0.3, -0.25) is 14.5 Å². The van der Waals surface area contributed by atoms with Crippen LogP contribution in [0.2, 0.25) is 0 Å². The number of nitrogens with zero attached hydrogens (tertiary/aromatic N) is 1. The molecule has 1 aliphatic heterocycles. The van der Waals surface area contributed by atoms with Gasteiger partial charge in [-0.2, -0.15) is 0 Å². The first-order chi connectivity index (χ1) is 21.1. The molecule has 3 aromatic carbocycles. The Kier molecular flexibility index (Phi) is 10.9. The highest BCUT2D eigenvalue weighted by Gasteiger charge is 2.34. The zero-order valence-electron chi connectivity index (χ0n) is 27.4. The van der Waals surface area contributed by atoms with Crippen LogP contribution in [0, 0.1) is 13.8 Å². The summed E-state index contributed by atoms with van der Waals surface area (Å²) in [7, 11) is 0. The van der Waals surface area contributed by atoms with Crippen molar-refractivity contribution in [3.63, 3.8) is 0 Å². The van der Waals surface area contributed by atoms with Crippen LogP contribution in [0.1, 0.15) is 121 Å². The number of carbonyl (C=O) groups is 2. The van der Waals surface area contributed by atoms with E-state index in [0.717, 1.165) is 49.0 Å². The maximum absolute atomic E-state index is 12.6. The van der Waals surface area contributed by atoms with Crippen molar-refractivity contribution >= 4 is 17.9 Å². The van der Waals surface area contributed by atoms with Gasteiger partial charge >= 0.3 is 0 Å². The van der Waals surface area contributed by atoms with Gasteiger partial charge in [0, 0.05) is 12.0 Å². The van der Waals surface area contributed by atoms with Crippen LogP contribution < -0.4 is 4.74 Å². The summed E-state index contributed by atoms with van der Waals surface area (Å²) in [6.07, 6.45) is 9.85. The Bertz CT molecular complexity index is 1460. The van der Waals surface area contributed by atoms with Gasteiger partial charge in [0.2, 0.25) is 0 Å². The minimum absolute atomic E-state index is 0.103. The summed E-state index contributed by atoms with van der Waals surface area (Å²) < 4.78 is 6.17. The fourth-order valence-electron chi connectivity index (χ4n) is 6.41. The normalized spacial score (nSPS) is 13.7. The lowest BCUT2D eigenvalue weighted by molar-refractivity contribution is 0.0651. The third kappa shape index (κ3) is 6.83. The number of hydrogen-bond donors (Lipinski definition) is 1. The van der Waals surface area contributed by atoms with Crippen LogP contribution in [0.25, 0.3) is 6.08 Å². The Balaban J connectivity index is 1.36. The van der Waals surface area contributed by atoms with Crippen molar-refractivity contribution in [1.29, 1.82) is 0 Å². The molecule has 0 bridgehead atoms. The molecule has 1 N–H and O–H groups in total. The van der Waals surface area contributed by atoms with Crippen LogP contribution in [0.4, 0.5) is 0 Å². The number of hydrogen-bond acceptors (Lipinski definition) is 4. The minimum Gasteiger partial charge on any atom is -0.493 e. The fourth-order valence-corrected chi connectivity index (χ4v) is 6.41. The molecule has 5 heteroatoms. The number of unbranched alkanes of at least 4 members (excludes halogenated alkanes) is 2. The molecule has 0 aromatic heterocycles. The molecule has 0 fully saturated rings. The zero-order chi connectivity index (χ0) is 31.9. The summed E-state index contributed by atoms with van der Waals surface area (Å²) in [5.41, 5.74) is 6.22. The summed E-state index contributed by atoms with van der Waals surface area (Å²) >= 11 is 0. The van der Waals surface area contributed by atoms with Crippen LogP contribution in [-0.2, 0) is 5.41 Å². The van der Waals surface area contributed by atoms with E-state index in [2.05, 4.69) is 70.2 Å². The van der Waals surface area contributed by atoms with Crippen molar-refractivity contribution in [2.45, 2.75) is 97.5 Å². The summed E-state index contributed by atoms with van der Waals surface area (Å²) in [5.74, 6) is 0.520. The molecule has 0 aliphatic carbocycles. The van der Waals surface area contributed by atoms with Crippen LogP contribution in [-0.4, -0.2) is 40.6 Å². The predicted molar refractivity (Wildman–Crippen MR) is 179 cm³/mol. The topological polar surface area (TPSA) is 66.8 Å². The van der Waals surface area contributed by atoms with E-state index in [0.29, 0.717) is 37.1 Å². The zero-order valence-corrected chi connectivity index (χ0v) is 27.4. The summed E-state index contributed by atoms with van der Waals surface area (Å²) in [5, 5.41) is 10.7. The van der Waals surface area contributed by atoms with Gasteiger partial charge in [0.15, 0.2) is 0 Å². The first kappa shape index (κ1) is 33.2. The average Bonchev–Trinajstić information content (AvgIpc) is 3.28. The second-order valence-electron chi connectivity index (χ2n) is 12.2. The first-order valence-electron chi connectivity index (χ1n) is 16.3. The molecule has 1 aliphatic rings. The summed E-state index contributed by atoms with van der Waals surface area (Å²) in [4.78, 5) is 26.5. The summed E-state index contributed by atoms with van der Waals surface area (Å²) in [6, 6.07) is 20.4. The number of ether oxygens (including phenoxy) is 1. The van der Waals surface area contributed by atoms with Crippen LogP contribution in [0.5, 0.6) is 5.75 Å². The molecule has 0 saturated heterocycles. The monoisotopic (exact) mass is 595 g/mol. The van der Waals surface area contributed by atoms with Crippen LogP contribution >= 0.6 is 0 Å². The van der Waals surface area contributed by atoms with Crippen molar-refractivity contribution < 1.29 is 19.4 Å². The molecule has 2 amide bonds. The Morgan fingerprint density at radius 2 is 1.34 bits per heavy atom. The van der Waals surface area contributed by atoms with Gasteiger partial charge in [-0.05, 0) is 105 Å². The van der Waals surface area contributed by atoms with E-state index in [4.69, 9.17) is 4.74 Å². The average molecular weight is 596 g/mol. The lowest BCUT2D eigenvalue weighted by Gasteiger charge is -2.34. The van der Waals surface area contributed by atoms with Crippen molar-refractivity contribution in [2.24, 2.45) is 0 Å². The largest absolute Gasteiger partial charge is 0.493 e. The second-order valence-corrected chi connectivity index (χ2v) is 12.2. The smallest absolute Gasteiger partial charge is 0.261 e. The number of imide groups is 1. The first-order valence-corrected chi connectivity index (χ1v) is 16.3. The van der Waals surface area contributed by atoms with Gasteiger partial charge < -0.3 is 9.84 Å². The van der Waals surface area contributed by atoms with Gasteiger partial charge in [0.25, 0.3) is 11.8 Å². The Labute approximate surface area is 264 Å².